The van der Waals surface area contributed by atoms with Crippen molar-refractivity contribution in [2.45, 2.75) is 39.2 Å². The van der Waals surface area contributed by atoms with Crippen molar-refractivity contribution in [2.75, 3.05) is 5.32 Å². The molecule has 0 radical (unpaired) electrons. The van der Waals surface area contributed by atoms with Crippen LogP contribution in [0.2, 0.25) is 0 Å². The molecule has 2 unspecified atom stereocenters. The highest BCUT2D eigenvalue weighted by Gasteiger charge is 2.11. The smallest absolute Gasteiger partial charge is 0.306 e. The number of nitrogens with zero attached hydrogens (tertiary/aromatic N) is 2. The van der Waals surface area contributed by atoms with Gasteiger partial charge < -0.3 is 10.4 Å². The van der Waals surface area contributed by atoms with Crippen molar-refractivity contribution in [2.24, 2.45) is 5.92 Å². The van der Waals surface area contributed by atoms with Crippen molar-refractivity contribution in [3.05, 3.63) is 18.6 Å². The zero-order chi connectivity index (χ0) is 12.7. The monoisotopic (exact) mass is 237 g/mol. The van der Waals surface area contributed by atoms with E-state index in [0.29, 0.717) is 6.42 Å². The first-order valence-corrected chi connectivity index (χ1v) is 5.85. The number of carboxylic acids is 1. The minimum atomic E-state index is -0.721. The highest BCUT2D eigenvalue weighted by Crippen LogP contribution is 2.12. The quantitative estimate of drug-likeness (QED) is 0.760. The Labute approximate surface area is 101 Å². The van der Waals surface area contributed by atoms with E-state index in [4.69, 9.17) is 5.11 Å². The van der Waals surface area contributed by atoms with Gasteiger partial charge in [0.05, 0.1) is 5.92 Å². The second-order valence-corrected chi connectivity index (χ2v) is 4.31. The lowest BCUT2D eigenvalue weighted by Gasteiger charge is -2.14. The van der Waals surface area contributed by atoms with Crippen LogP contribution in [0, 0.1) is 5.92 Å². The van der Waals surface area contributed by atoms with E-state index in [1.54, 1.807) is 13.1 Å². The fraction of sp³-hybridized carbons (Fsp3) is 0.583. The number of carbonyl (C=O) groups is 1. The number of aromatic nitrogens is 2. The minimum absolute atomic E-state index is 0.263. The Morgan fingerprint density at radius 3 is 2.82 bits per heavy atom. The number of nitrogens with one attached hydrogen (secondary N) is 1. The number of hydrogen-bond donors (Lipinski definition) is 2. The van der Waals surface area contributed by atoms with Gasteiger partial charge in [0.1, 0.15) is 12.1 Å². The number of aliphatic carboxylic acids is 1. The van der Waals surface area contributed by atoms with Gasteiger partial charge in [0.25, 0.3) is 0 Å². The summed E-state index contributed by atoms with van der Waals surface area (Å²) in [6.45, 7) is 3.80. The Bertz CT molecular complexity index is 343. The van der Waals surface area contributed by atoms with E-state index in [-0.39, 0.29) is 12.0 Å². The summed E-state index contributed by atoms with van der Waals surface area (Å²) in [7, 11) is 0. The minimum Gasteiger partial charge on any atom is -0.481 e. The van der Waals surface area contributed by atoms with E-state index in [1.165, 1.54) is 6.33 Å². The van der Waals surface area contributed by atoms with Crippen LogP contribution in [0.3, 0.4) is 0 Å². The molecule has 5 heteroatoms. The van der Waals surface area contributed by atoms with Crippen LogP contribution >= 0.6 is 0 Å². The second kappa shape index (κ2) is 6.83. The third-order valence-corrected chi connectivity index (χ3v) is 2.67. The van der Waals surface area contributed by atoms with Gasteiger partial charge >= 0.3 is 5.97 Å². The van der Waals surface area contributed by atoms with Gasteiger partial charge in [0.15, 0.2) is 0 Å². The molecule has 1 rings (SSSR count). The van der Waals surface area contributed by atoms with Crippen molar-refractivity contribution in [3.63, 3.8) is 0 Å². The van der Waals surface area contributed by atoms with E-state index >= 15 is 0 Å². The fourth-order valence-electron chi connectivity index (χ4n) is 1.55. The zero-order valence-electron chi connectivity index (χ0n) is 10.3. The molecule has 0 fully saturated rings. The van der Waals surface area contributed by atoms with E-state index in [1.807, 2.05) is 6.07 Å². The Morgan fingerprint density at radius 1 is 1.47 bits per heavy atom. The lowest BCUT2D eigenvalue weighted by Crippen LogP contribution is -2.17. The third kappa shape index (κ3) is 5.29. The fourth-order valence-corrected chi connectivity index (χ4v) is 1.55. The van der Waals surface area contributed by atoms with Crippen LogP contribution < -0.4 is 5.32 Å². The molecule has 0 aromatic carbocycles. The van der Waals surface area contributed by atoms with Gasteiger partial charge in [-0.1, -0.05) is 13.3 Å². The van der Waals surface area contributed by atoms with Crippen molar-refractivity contribution >= 4 is 11.8 Å². The molecule has 5 nitrogen and oxygen atoms in total. The molecule has 1 heterocycles. The van der Waals surface area contributed by atoms with E-state index in [9.17, 15) is 4.79 Å². The highest BCUT2D eigenvalue weighted by molar-refractivity contribution is 5.69. The largest absolute Gasteiger partial charge is 0.481 e. The summed E-state index contributed by atoms with van der Waals surface area (Å²) in [5.41, 5.74) is 0. The summed E-state index contributed by atoms with van der Waals surface area (Å²) >= 11 is 0. The van der Waals surface area contributed by atoms with Gasteiger partial charge in [-0.15, -0.1) is 0 Å². The molecule has 0 aliphatic rings. The zero-order valence-corrected chi connectivity index (χ0v) is 10.3. The van der Waals surface area contributed by atoms with Gasteiger partial charge in [-0.2, -0.15) is 0 Å². The first-order valence-electron chi connectivity index (χ1n) is 5.85. The molecule has 0 saturated heterocycles. The summed E-state index contributed by atoms with van der Waals surface area (Å²) in [6.07, 6.45) is 5.73. The van der Waals surface area contributed by atoms with E-state index in [2.05, 4.69) is 22.2 Å². The number of anilines is 1. The van der Waals surface area contributed by atoms with Crippen LogP contribution in [-0.2, 0) is 4.79 Å². The van der Waals surface area contributed by atoms with Crippen molar-refractivity contribution < 1.29 is 9.90 Å². The third-order valence-electron chi connectivity index (χ3n) is 2.67. The Hall–Kier alpha value is -1.65. The van der Waals surface area contributed by atoms with E-state index < -0.39 is 5.97 Å². The Kier molecular flexibility index (Phi) is 5.39. The molecule has 2 atom stereocenters. The standard InChI is InChI=1S/C12H19N3O2/c1-9(12(16)17)4-3-5-10(2)15-11-6-7-13-8-14-11/h6-10H,3-5H2,1-2H3,(H,16,17)(H,13,14,15). The molecule has 1 aromatic rings. The normalized spacial score (nSPS) is 14.0. The molecule has 2 N–H and O–H groups in total. The summed E-state index contributed by atoms with van der Waals surface area (Å²) in [5, 5.41) is 12.0. The summed E-state index contributed by atoms with van der Waals surface area (Å²) in [5.74, 6) is -0.179. The SMILES string of the molecule is CC(CCCC(C)C(=O)O)Nc1ccncn1. The lowest BCUT2D eigenvalue weighted by atomic mass is 10.0. The predicted molar refractivity (Wildman–Crippen MR) is 65.8 cm³/mol. The first kappa shape index (κ1) is 13.4. The van der Waals surface area contributed by atoms with Gasteiger partial charge in [-0.25, -0.2) is 9.97 Å². The van der Waals surface area contributed by atoms with Crippen molar-refractivity contribution in [3.8, 4) is 0 Å². The van der Waals surface area contributed by atoms with Crippen LogP contribution in [0.25, 0.3) is 0 Å². The van der Waals surface area contributed by atoms with Crippen molar-refractivity contribution in [1.29, 1.82) is 0 Å². The molecule has 0 amide bonds. The Balaban J connectivity index is 2.22. The second-order valence-electron chi connectivity index (χ2n) is 4.31. The number of rotatable bonds is 7. The molecular formula is C12H19N3O2. The molecule has 0 aliphatic carbocycles. The van der Waals surface area contributed by atoms with Crippen LogP contribution in [0.5, 0.6) is 0 Å². The topological polar surface area (TPSA) is 75.1 Å². The number of carboxylic acid groups (broad SMARTS) is 1. The Morgan fingerprint density at radius 2 is 2.24 bits per heavy atom. The van der Waals surface area contributed by atoms with Crippen LogP contribution in [0.4, 0.5) is 5.82 Å². The van der Waals surface area contributed by atoms with Gasteiger partial charge in [-0.3, -0.25) is 4.79 Å². The highest BCUT2D eigenvalue weighted by atomic mass is 16.4. The van der Waals surface area contributed by atoms with E-state index in [0.717, 1.165) is 18.7 Å². The molecule has 1 aromatic heterocycles. The van der Waals surface area contributed by atoms with Gasteiger partial charge in [-0.05, 0) is 25.8 Å². The molecule has 17 heavy (non-hydrogen) atoms. The van der Waals surface area contributed by atoms with Crippen LogP contribution in [-0.4, -0.2) is 27.1 Å². The summed E-state index contributed by atoms with van der Waals surface area (Å²) in [4.78, 5) is 18.5. The van der Waals surface area contributed by atoms with Crippen LogP contribution in [0.1, 0.15) is 33.1 Å². The predicted octanol–water partition coefficient (Wildman–Crippen LogP) is 2.17. The molecule has 0 bridgehead atoms. The average molecular weight is 237 g/mol. The maximum Gasteiger partial charge on any atom is 0.306 e. The van der Waals surface area contributed by atoms with Crippen molar-refractivity contribution in [1.82, 2.24) is 9.97 Å². The molecule has 0 spiro atoms. The molecule has 0 saturated carbocycles. The van der Waals surface area contributed by atoms with Crippen LogP contribution in [0.15, 0.2) is 18.6 Å². The average Bonchev–Trinajstić information content (AvgIpc) is 2.30. The maximum absolute atomic E-state index is 10.6. The lowest BCUT2D eigenvalue weighted by molar-refractivity contribution is -0.141. The van der Waals surface area contributed by atoms with Gasteiger partial charge in [0, 0.05) is 12.2 Å². The van der Waals surface area contributed by atoms with Gasteiger partial charge in [0.2, 0.25) is 0 Å². The first-order chi connectivity index (χ1) is 8.09. The molecule has 0 aliphatic heterocycles. The maximum atomic E-state index is 10.6. The molecule has 94 valence electrons. The summed E-state index contributed by atoms with van der Waals surface area (Å²) in [6, 6.07) is 2.10. The molecular weight excluding hydrogens is 218 g/mol. The summed E-state index contributed by atoms with van der Waals surface area (Å²) < 4.78 is 0. The number of hydrogen-bond acceptors (Lipinski definition) is 4.